The molecule has 3 rings (SSSR count). The highest BCUT2D eigenvalue weighted by Gasteiger charge is 2.28. The maximum atomic E-state index is 13.3. The van der Waals surface area contributed by atoms with E-state index in [1.54, 1.807) is 31.2 Å². The summed E-state index contributed by atoms with van der Waals surface area (Å²) in [5, 5.41) is 4.07. The standard InChI is InChI=1S/C28H28ClNO3/c1-5-11-23-25(20-14-16-21(29)17-15-20)24(28(31)32-7-3)19(4)26(27(23)33-18-6-2)30-22-12-9-8-10-13-22/h5-6,8-10,12-17,30H,1-2,7,11,18H2,3-4H3. The average Bonchev–Trinajstić information content (AvgIpc) is 2.82. The van der Waals surface area contributed by atoms with Crippen LogP contribution in [0.2, 0.25) is 5.02 Å². The first kappa shape index (κ1) is 24.1. The Balaban J connectivity index is 2.39. The smallest absolute Gasteiger partial charge is 0.339 e. The topological polar surface area (TPSA) is 47.6 Å². The highest BCUT2D eigenvalue weighted by molar-refractivity contribution is 6.30. The van der Waals surface area contributed by atoms with Crippen molar-refractivity contribution in [1.29, 1.82) is 0 Å². The fourth-order valence-electron chi connectivity index (χ4n) is 3.75. The molecule has 3 aromatic rings. The molecule has 170 valence electrons. The van der Waals surface area contributed by atoms with Crippen LogP contribution in [0.15, 0.2) is 79.9 Å². The zero-order valence-electron chi connectivity index (χ0n) is 19.0. The molecule has 0 aliphatic heterocycles. The van der Waals surface area contributed by atoms with E-state index in [4.69, 9.17) is 21.1 Å². The van der Waals surface area contributed by atoms with Gasteiger partial charge in [-0.05, 0) is 55.7 Å². The predicted octanol–water partition coefficient (Wildman–Crippen LogP) is 7.53. The van der Waals surface area contributed by atoms with E-state index >= 15 is 0 Å². The minimum absolute atomic E-state index is 0.269. The Hall–Kier alpha value is -3.50. The molecule has 0 heterocycles. The number of para-hydroxylation sites is 1. The summed E-state index contributed by atoms with van der Waals surface area (Å²) in [6, 6.07) is 17.2. The van der Waals surface area contributed by atoms with Crippen molar-refractivity contribution in [3.8, 4) is 16.9 Å². The molecule has 0 spiro atoms. The van der Waals surface area contributed by atoms with E-state index in [1.165, 1.54) is 0 Å². The van der Waals surface area contributed by atoms with Gasteiger partial charge in [-0.3, -0.25) is 0 Å². The lowest BCUT2D eigenvalue weighted by Gasteiger charge is -2.25. The van der Waals surface area contributed by atoms with E-state index < -0.39 is 5.97 Å². The third-order valence-electron chi connectivity index (χ3n) is 5.15. The molecule has 0 radical (unpaired) electrons. The molecule has 4 nitrogen and oxygen atoms in total. The minimum atomic E-state index is -0.392. The Labute approximate surface area is 200 Å². The molecule has 33 heavy (non-hydrogen) atoms. The second-order valence-corrected chi connectivity index (χ2v) is 7.80. The molecule has 5 heteroatoms. The van der Waals surface area contributed by atoms with E-state index in [-0.39, 0.29) is 6.61 Å². The van der Waals surface area contributed by atoms with E-state index in [2.05, 4.69) is 18.5 Å². The Morgan fingerprint density at radius 2 is 1.76 bits per heavy atom. The minimum Gasteiger partial charge on any atom is -0.487 e. The van der Waals surface area contributed by atoms with Gasteiger partial charge in [0, 0.05) is 21.8 Å². The van der Waals surface area contributed by atoms with Crippen LogP contribution in [0.5, 0.6) is 5.75 Å². The maximum Gasteiger partial charge on any atom is 0.339 e. The molecule has 0 saturated carbocycles. The zero-order chi connectivity index (χ0) is 23.8. The predicted molar refractivity (Wildman–Crippen MR) is 137 cm³/mol. The van der Waals surface area contributed by atoms with Gasteiger partial charge in [-0.1, -0.05) is 60.7 Å². The number of nitrogens with one attached hydrogen (secondary N) is 1. The largest absolute Gasteiger partial charge is 0.487 e. The van der Waals surface area contributed by atoms with Crippen LogP contribution in [0.3, 0.4) is 0 Å². The van der Waals surface area contributed by atoms with E-state index in [0.29, 0.717) is 35.1 Å². The van der Waals surface area contributed by atoms with Gasteiger partial charge in [-0.15, -0.1) is 6.58 Å². The number of anilines is 2. The number of hydrogen-bond acceptors (Lipinski definition) is 4. The lowest BCUT2D eigenvalue weighted by molar-refractivity contribution is 0.0526. The molecule has 0 aliphatic rings. The van der Waals surface area contributed by atoms with Gasteiger partial charge in [0.05, 0.1) is 17.9 Å². The van der Waals surface area contributed by atoms with Gasteiger partial charge in [0.15, 0.2) is 0 Å². The van der Waals surface area contributed by atoms with Crippen LogP contribution in [0, 0.1) is 6.92 Å². The Kier molecular flexibility index (Phi) is 8.34. The quantitative estimate of drug-likeness (QED) is 0.250. The second-order valence-electron chi connectivity index (χ2n) is 7.37. The highest BCUT2D eigenvalue weighted by atomic mass is 35.5. The molecule has 3 aromatic carbocycles. The van der Waals surface area contributed by atoms with Crippen LogP contribution in [0.25, 0.3) is 11.1 Å². The summed E-state index contributed by atoms with van der Waals surface area (Å²) in [4.78, 5) is 13.3. The molecule has 0 amide bonds. The van der Waals surface area contributed by atoms with Crippen LogP contribution >= 0.6 is 11.6 Å². The summed E-state index contributed by atoms with van der Waals surface area (Å²) < 4.78 is 11.7. The van der Waals surface area contributed by atoms with Gasteiger partial charge in [0.1, 0.15) is 12.4 Å². The Morgan fingerprint density at radius 3 is 2.36 bits per heavy atom. The lowest BCUT2D eigenvalue weighted by Crippen LogP contribution is -2.14. The lowest BCUT2D eigenvalue weighted by atomic mass is 9.87. The van der Waals surface area contributed by atoms with Crippen molar-refractivity contribution in [2.45, 2.75) is 20.3 Å². The van der Waals surface area contributed by atoms with Gasteiger partial charge >= 0.3 is 5.97 Å². The van der Waals surface area contributed by atoms with Crippen molar-refractivity contribution in [3.63, 3.8) is 0 Å². The van der Waals surface area contributed by atoms with Crippen molar-refractivity contribution in [1.82, 2.24) is 0 Å². The van der Waals surface area contributed by atoms with Crippen LogP contribution in [0.1, 0.15) is 28.4 Å². The van der Waals surface area contributed by atoms with Crippen molar-refractivity contribution < 1.29 is 14.3 Å². The van der Waals surface area contributed by atoms with Crippen molar-refractivity contribution in [3.05, 3.63) is 102 Å². The number of esters is 1. The normalized spacial score (nSPS) is 10.4. The van der Waals surface area contributed by atoms with E-state index in [0.717, 1.165) is 27.9 Å². The highest BCUT2D eigenvalue weighted by Crippen LogP contribution is 2.45. The third kappa shape index (κ3) is 5.47. The zero-order valence-corrected chi connectivity index (χ0v) is 19.7. The molecular weight excluding hydrogens is 434 g/mol. The first-order chi connectivity index (χ1) is 16.0. The van der Waals surface area contributed by atoms with Gasteiger partial charge < -0.3 is 14.8 Å². The fraction of sp³-hybridized carbons (Fsp3) is 0.179. The number of allylic oxidation sites excluding steroid dienone is 1. The molecule has 0 unspecified atom stereocenters. The fourth-order valence-corrected chi connectivity index (χ4v) is 3.87. The number of ether oxygens (including phenoxy) is 2. The van der Waals surface area contributed by atoms with Crippen molar-refractivity contribution >= 4 is 28.9 Å². The second kappa shape index (κ2) is 11.4. The first-order valence-corrected chi connectivity index (χ1v) is 11.2. The SMILES string of the molecule is C=CCOc1c(CC=C)c(-c2ccc(Cl)cc2)c(C(=O)OCC)c(C)c1Nc1ccccc1. The van der Waals surface area contributed by atoms with Gasteiger partial charge in [0.2, 0.25) is 0 Å². The Morgan fingerprint density at radius 1 is 1.06 bits per heavy atom. The number of carbonyl (C=O) groups excluding carboxylic acids is 1. The summed E-state index contributed by atoms with van der Waals surface area (Å²) in [7, 11) is 0. The van der Waals surface area contributed by atoms with Crippen LogP contribution in [-0.4, -0.2) is 19.2 Å². The van der Waals surface area contributed by atoms with Crippen LogP contribution in [0.4, 0.5) is 11.4 Å². The molecule has 0 aromatic heterocycles. The Bertz CT molecular complexity index is 1140. The number of benzene rings is 3. The van der Waals surface area contributed by atoms with Gasteiger partial charge in [-0.25, -0.2) is 4.79 Å². The molecule has 0 saturated heterocycles. The first-order valence-electron chi connectivity index (χ1n) is 10.8. The summed E-state index contributed by atoms with van der Waals surface area (Å²) in [5.41, 5.74) is 5.23. The third-order valence-corrected chi connectivity index (χ3v) is 5.40. The molecule has 1 N–H and O–H groups in total. The van der Waals surface area contributed by atoms with E-state index in [9.17, 15) is 4.79 Å². The van der Waals surface area contributed by atoms with Crippen molar-refractivity contribution in [2.75, 3.05) is 18.5 Å². The monoisotopic (exact) mass is 461 g/mol. The van der Waals surface area contributed by atoms with Gasteiger partial charge in [0.25, 0.3) is 0 Å². The number of carbonyl (C=O) groups is 1. The molecule has 0 fully saturated rings. The van der Waals surface area contributed by atoms with Crippen LogP contribution < -0.4 is 10.1 Å². The maximum absolute atomic E-state index is 13.3. The molecule has 0 atom stereocenters. The number of rotatable bonds is 10. The summed E-state index contributed by atoms with van der Waals surface area (Å²) in [5.74, 6) is 0.255. The summed E-state index contributed by atoms with van der Waals surface area (Å²) in [6.45, 7) is 12.0. The molecule has 0 aliphatic carbocycles. The molecule has 0 bridgehead atoms. The number of hydrogen-bond donors (Lipinski definition) is 1. The summed E-state index contributed by atoms with van der Waals surface area (Å²) in [6.07, 6.45) is 3.98. The van der Waals surface area contributed by atoms with E-state index in [1.807, 2.05) is 49.4 Å². The number of halogens is 1. The average molecular weight is 462 g/mol. The molecular formula is C28H28ClNO3. The van der Waals surface area contributed by atoms with Crippen LogP contribution in [-0.2, 0) is 11.2 Å². The van der Waals surface area contributed by atoms with Gasteiger partial charge in [-0.2, -0.15) is 0 Å². The summed E-state index contributed by atoms with van der Waals surface area (Å²) >= 11 is 6.15. The van der Waals surface area contributed by atoms with Crippen molar-refractivity contribution in [2.24, 2.45) is 0 Å².